The van der Waals surface area contributed by atoms with Gasteiger partial charge in [-0.1, -0.05) is 0 Å². The Morgan fingerprint density at radius 2 is 1.97 bits per heavy atom. The van der Waals surface area contributed by atoms with Gasteiger partial charge in [-0.2, -0.15) is 5.10 Å². The van der Waals surface area contributed by atoms with Gasteiger partial charge < -0.3 is 15.2 Å². The maximum atomic E-state index is 15.2. The van der Waals surface area contributed by atoms with Gasteiger partial charge in [-0.05, 0) is 36.1 Å². The van der Waals surface area contributed by atoms with E-state index < -0.39 is 10.8 Å². The Labute approximate surface area is 214 Å². The van der Waals surface area contributed by atoms with Gasteiger partial charge in [0.25, 0.3) is 0 Å². The molecule has 0 bridgehead atoms. The Bertz CT molecular complexity index is 1730. The molecule has 0 amide bonds. The zero-order valence-electron chi connectivity index (χ0n) is 20.0. The van der Waals surface area contributed by atoms with Gasteiger partial charge in [-0.15, -0.1) is 0 Å². The summed E-state index contributed by atoms with van der Waals surface area (Å²) in [5.41, 5.74) is 3.82. The fraction of sp³-hybridized carbons (Fsp3) is 0.231. The predicted octanol–water partition coefficient (Wildman–Crippen LogP) is 4.02. The van der Waals surface area contributed by atoms with Gasteiger partial charge in [-0.3, -0.25) is 8.89 Å². The molecule has 1 atom stereocenters. The lowest BCUT2D eigenvalue weighted by molar-refractivity contribution is 0.633. The van der Waals surface area contributed by atoms with Gasteiger partial charge in [0, 0.05) is 78.3 Å². The molecule has 0 saturated carbocycles. The molecule has 6 heterocycles. The molecule has 0 saturated heterocycles. The van der Waals surface area contributed by atoms with Crippen LogP contribution in [0.1, 0.15) is 17.1 Å². The van der Waals surface area contributed by atoms with Gasteiger partial charge >= 0.3 is 0 Å². The number of halogens is 1. The van der Waals surface area contributed by atoms with Gasteiger partial charge in [0.15, 0.2) is 10.8 Å². The molecule has 1 aromatic carbocycles. The molecule has 11 heteroatoms. The Balaban J connectivity index is 1.22. The summed E-state index contributed by atoms with van der Waals surface area (Å²) in [5, 5.41) is 13.4. The van der Waals surface area contributed by atoms with Crippen molar-refractivity contribution in [2.75, 3.05) is 22.9 Å². The molecule has 186 valence electrons. The minimum Gasteiger partial charge on any atom is -0.382 e. The Morgan fingerprint density at radius 1 is 1.05 bits per heavy atom. The van der Waals surface area contributed by atoms with Crippen molar-refractivity contribution in [3.63, 3.8) is 0 Å². The molecule has 0 aliphatic carbocycles. The second kappa shape index (κ2) is 8.48. The van der Waals surface area contributed by atoms with Crippen LogP contribution in [-0.4, -0.2) is 45.8 Å². The molecule has 0 spiro atoms. The molecule has 0 fully saturated rings. The minimum atomic E-state index is -1.14. The average Bonchev–Trinajstić information content (AvgIpc) is 3.46. The second-order valence-corrected chi connectivity index (χ2v) is 10.8. The molecule has 0 radical (unpaired) electrons. The summed E-state index contributed by atoms with van der Waals surface area (Å²) >= 11 is 0. The summed E-state index contributed by atoms with van der Waals surface area (Å²) in [6, 6.07) is 7.24. The molecule has 2 aliphatic rings. The number of anilines is 3. The van der Waals surface area contributed by atoms with Gasteiger partial charge in [0.1, 0.15) is 17.5 Å². The number of fused-ring (bicyclic) bond motifs is 4. The van der Waals surface area contributed by atoms with Crippen molar-refractivity contribution in [3.05, 3.63) is 72.0 Å². The number of nitrogens with zero attached hydrogens (tertiary/aromatic N) is 6. The standard InChI is InChI=1S/C26H23FN8OS/c1-15-20(13-31-26-25(15)29-4-7-37(26)36)19-8-16-10-22(30-12-17(16)9-21(19)27)32-23-11-18-2-5-34-6-3-28-24(34)14-35(18)33-23/h3,6,8-13,29H,2,4-5,7,14H2,1H3,(H,30,32,33). The van der Waals surface area contributed by atoms with E-state index >= 15 is 4.39 Å². The number of aromatic nitrogens is 6. The highest BCUT2D eigenvalue weighted by molar-refractivity contribution is 7.85. The fourth-order valence-corrected chi connectivity index (χ4v) is 6.19. The first-order chi connectivity index (χ1) is 18.0. The van der Waals surface area contributed by atoms with E-state index in [0.717, 1.165) is 41.1 Å². The SMILES string of the molecule is Cc1c(-c2cc3cc(Nc4cc5n(n4)Cc4nccn4CC5)ncc3cc2F)cnc2c1NCCS2=O. The van der Waals surface area contributed by atoms with E-state index in [1.165, 1.54) is 6.07 Å². The van der Waals surface area contributed by atoms with Crippen LogP contribution in [0.15, 0.2) is 54.1 Å². The first-order valence-electron chi connectivity index (χ1n) is 12.1. The lowest BCUT2D eigenvalue weighted by Gasteiger charge is -2.21. The lowest BCUT2D eigenvalue weighted by atomic mass is 9.98. The summed E-state index contributed by atoms with van der Waals surface area (Å²) < 4.78 is 31.7. The smallest absolute Gasteiger partial charge is 0.153 e. The van der Waals surface area contributed by atoms with Crippen LogP contribution in [0.4, 0.5) is 21.7 Å². The van der Waals surface area contributed by atoms with E-state index in [1.54, 1.807) is 12.4 Å². The van der Waals surface area contributed by atoms with Crippen molar-refractivity contribution < 1.29 is 8.60 Å². The molecule has 7 rings (SSSR count). The highest BCUT2D eigenvalue weighted by Gasteiger charge is 2.22. The maximum absolute atomic E-state index is 15.2. The topological polar surface area (TPSA) is 103 Å². The van der Waals surface area contributed by atoms with E-state index in [9.17, 15) is 4.21 Å². The molecule has 37 heavy (non-hydrogen) atoms. The molecular weight excluding hydrogens is 491 g/mol. The number of aryl methyl sites for hydroxylation is 2. The highest BCUT2D eigenvalue weighted by Crippen LogP contribution is 2.36. The van der Waals surface area contributed by atoms with Crippen LogP contribution in [-0.2, 0) is 30.3 Å². The largest absolute Gasteiger partial charge is 0.382 e. The van der Waals surface area contributed by atoms with E-state index in [4.69, 9.17) is 5.10 Å². The maximum Gasteiger partial charge on any atom is 0.153 e. The van der Waals surface area contributed by atoms with Crippen molar-refractivity contribution >= 4 is 38.9 Å². The summed E-state index contributed by atoms with van der Waals surface area (Å²) in [6.07, 6.45) is 7.95. The Hall–Kier alpha value is -4.12. The zero-order chi connectivity index (χ0) is 25.1. The third-order valence-electron chi connectivity index (χ3n) is 7.03. The number of rotatable bonds is 3. The third kappa shape index (κ3) is 3.77. The molecule has 5 aromatic rings. The second-order valence-electron chi connectivity index (χ2n) is 9.29. The van der Waals surface area contributed by atoms with Gasteiger partial charge in [0.2, 0.25) is 0 Å². The minimum absolute atomic E-state index is 0.354. The average molecular weight is 515 g/mol. The molecule has 2 N–H and O–H groups in total. The number of hydrogen-bond donors (Lipinski definition) is 2. The van der Waals surface area contributed by atoms with Crippen molar-refractivity contribution in [2.45, 2.75) is 31.5 Å². The van der Waals surface area contributed by atoms with Crippen molar-refractivity contribution in [1.29, 1.82) is 0 Å². The van der Waals surface area contributed by atoms with Gasteiger partial charge in [0.05, 0.1) is 23.0 Å². The summed E-state index contributed by atoms with van der Waals surface area (Å²) in [7, 11) is -1.14. The third-order valence-corrected chi connectivity index (χ3v) is 8.34. The molecule has 2 aliphatic heterocycles. The van der Waals surface area contributed by atoms with Crippen molar-refractivity contribution in [3.8, 4) is 11.1 Å². The van der Waals surface area contributed by atoms with Crippen LogP contribution in [0.3, 0.4) is 0 Å². The van der Waals surface area contributed by atoms with Crippen LogP contribution < -0.4 is 10.6 Å². The fourth-order valence-electron chi connectivity index (χ4n) is 5.09. The van der Waals surface area contributed by atoms with Crippen molar-refractivity contribution in [1.82, 2.24) is 29.3 Å². The van der Waals surface area contributed by atoms with Crippen LogP contribution in [0.2, 0.25) is 0 Å². The molecule has 9 nitrogen and oxygen atoms in total. The normalized spacial score (nSPS) is 16.4. The summed E-state index contributed by atoms with van der Waals surface area (Å²) in [6.45, 7) is 4.00. The van der Waals surface area contributed by atoms with Crippen LogP contribution in [0.5, 0.6) is 0 Å². The lowest BCUT2D eigenvalue weighted by Crippen LogP contribution is -2.21. The highest BCUT2D eigenvalue weighted by atomic mass is 32.2. The molecule has 1 unspecified atom stereocenters. The number of hydrogen-bond acceptors (Lipinski definition) is 7. The number of pyridine rings is 2. The van der Waals surface area contributed by atoms with Gasteiger partial charge in [-0.25, -0.2) is 19.3 Å². The molecular formula is C26H23FN8OS. The first kappa shape index (κ1) is 22.1. The van der Waals surface area contributed by atoms with Crippen LogP contribution in [0, 0.1) is 12.7 Å². The van der Waals surface area contributed by atoms with E-state index in [-0.39, 0.29) is 5.82 Å². The molecule has 4 aromatic heterocycles. The van der Waals surface area contributed by atoms with Crippen LogP contribution in [0.25, 0.3) is 21.9 Å². The summed E-state index contributed by atoms with van der Waals surface area (Å²) in [5.74, 6) is 2.49. The first-order valence-corrected chi connectivity index (χ1v) is 13.4. The quantitative estimate of drug-likeness (QED) is 0.375. The number of nitrogens with one attached hydrogen (secondary N) is 2. The zero-order valence-corrected chi connectivity index (χ0v) is 20.8. The van der Waals surface area contributed by atoms with E-state index in [1.807, 2.05) is 42.2 Å². The predicted molar refractivity (Wildman–Crippen MR) is 140 cm³/mol. The van der Waals surface area contributed by atoms with Crippen molar-refractivity contribution in [2.24, 2.45) is 0 Å². The number of imidazole rings is 1. The Morgan fingerprint density at radius 3 is 2.89 bits per heavy atom. The monoisotopic (exact) mass is 514 g/mol. The van der Waals surface area contributed by atoms with Crippen LogP contribution >= 0.6 is 0 Å². The Kier molecular flexibility index (Phi) is 5.07. The number of benzene rings is 1. The van der Waals surface area contributed by atoms with E-state index in [2.05, 4.69) is 30.2 Å². The van der Waals surface area contributed by atoms with E-state index in [0.29, 0.717) is 52.0 Å². The summed E-state index contributed by atoms with van der Waals surface area (Å²) in [4.78, 5) is 13.3.